The van der Waals surface area contributed by atoms with Crippen LogP contribution in [0.3, 0.4) is 0 Å². The summed E-state index contributed by atoms with van der Waals surface area (Å²) in [5.41, 5.74) is 5.91. The molecule has 25 heavy (non-hydrogen) atoms. The molecule has 3 atom stereocenters. The van der Waals surface area contributed by atoms with Crippen molar-refractivity contribution in [2.45, 2.75) is 38.3 Å². The standard InChI is InChI=1S/C17H27N3O3.2ClH/c1-12-2-5-16(23-12)15(20-6-8-22-9-7-20)11-19-17(21)13-3-4-14(18)10-13;;/h2,5,13-15H,3-4,6-11,18H2,1H3,(H,19,21);2*1H. The van der Waals surface area contributed by atoms with Gasteiger partial charge in [0.25, 0.3) is 0 Å². The lowest BCUT2D eigenvalue weighted by molar-refractivity contribution is -0.125. The van der Waals surface area contributed by atoms with Crippen LogP contribution in [0.2, 0.25) is 0 Å². The average molecular weight is 394 g/mol. The lowest BCUT2D eigenvalue weighted by Crippen LogP contribution is -2.44. The van der Waals surface area contributed by atoms with Crippen LogP contribution in [-0.4, -0.2) is 49.7 Å². The number of morpholine rings is 1. The summed E-state index contributed by atoms with van der Waals surface area (Å²) < 4.78 is 11.3. The molecule has 0 radical (unpaired) electrons. The molecule has 3 rings (SSSR count). The Bertz CT molecular complexity index is 535. The van der Waals surface area contributed by atoms with Gasteiger partial charge in [-0.25, -0.2) is 0 Å². The van der Waals surface area contributed by atoms with E-state index < -0.39 is 0 Å². The van der Waals surface area contributed by atoms with Crippen molar-refractivity contribution in [1.29, 1.82) is 0 Å². The zero-order chi connectivity index (χ0) is 16.2. The van der Waals surface area contributed by atoms with Gasteiger partial charge >= 0.3 is 0 Å². The van der Waals surface area contributed by atoms with Crippen molar-refractivity contribution < 1.29 is 13.9 Å². The number of nitrogens with one attached hydrogen (secondary N) is 1. The molecular formula is C17H29Cl2N3O3. The highest BCUT2D eigenvalue weighted by Gasteiger charge is 2.30. The predicted octanol–water partition coefficient (Wildman–Crippen LogP) is 2.05. The number of carbonyl (C=O) groups is 1. The maximum absolute atomic E-state index is 12.4. The van der Waals surface area contributed by atoms with Crippen LogP contribution in [0, 0.1) is 12.8 Å². The van der Waals surface area contributed by atoms with E-state index in [1.807, 2.05) is 19.1 Å². The van der Waals surface area contributed by atoms with Crippen LogP contribution in [0.1, 0.15) is 36.8 Å². The number of nitrogens with zero attached hydrogens (tertiary/aromatic N) is 1. The second kappa shape index (κ2) is 10.4. The van der Waals surface area contributed by atoms with Gasteiger partial charge < -0.3 is 20.2 Å². The highest BCUT2D eigenvalue weighted by molar-refractivity contribution is 5.85. The van der Waals surface area contributed by atoms with Crippen molar-refractivity contribution in [1.82, 2.24) is 10.2 Å². The average Bonchev–Trinajstić information content (AvgIpc) is 3.17. The first-order valence-electron chi connectivity index (χ1n) is 8.55. The van der Waals surface area contributed by atoms with E-state index in [2.05, 4.69) is 10.2 Å². The number of hydrogen-bond acceptors (Lipinski definition) is 5. The van der Waals surface area contributed by atoms with E-state index in [0.717, 1.165) is 57.1 Å². The summed E-state index contributed by atoms with van der Waals surface area (Å²) in [4.78, 5) is 14.7. The van der Waals surface area contributed by atoms with E-state index in [4.69, 9.17) is 14.9 Å². The van der Waals surface area contributed by atoms with E-state index in [0.29, 0.717) is 6.54 Å². The minimum Gasteiger partial charge on any atom is -0.465 e. The molecule has 2 fully saturated rings. The van der Waals surface area contributed by atoms with E-state index in [-0.39, 0.29) is 48.7 Å². The molecule has 0 aromatic carbocycles. The van der Waals surface area contributed by atoms with E-state index in [1.165, 1.54) is 0 Å². The van der Waals surface area contributed by atoms with E-state index in [1.54, 1.807) is 0 Å². The van der Waals surface area contributed by atoms with Crippen LogP contribution < -0.4 is 11.1 Å². The number of halogens is 2. The lowest BCUT2D eigenvalue weighted by atomic mass is 10.1. The first-order valence-corrected chi connectivity index (χ1v) is 8.55. The maximum atomic E-state index is 12.4. The first-order chi connectivity index (χ1) is 11.1. The summed E-state index contributed by atoms with van der Waals surface area (Å²) in [5.74, 6) is 1.99. The van der Waals surface area contributed by atoms with Gasteiger partial charge in [0.2, 0.25) is 5.91 Å². The van der Waals surface area contributed by atoms with Gasteiger partial charge in [-0.05, 0) is 38.3 Å². The van der Waals surface area contributed by atoms with Crippen molar-refractivity contribution in [2.75, 3.05) is 32.8 Å². The Hall–Kier alpha value is -0.790. The molecule has 8 heteroatoms. The summed E-state index contributed by atoms with van der Waals surface area (Å²) in [5, 5.41) is 3.11. The second-order valence-corrected chi connectivity index (χ2v) is 6.63. The number of carbonyl (C=O) groups excluding carboxylic acids is 1. The highest BCUT2D eigenvalue weighted by atomic mass is 35.5. The number of amides is 1. The largest absolute Gasteiger partial charge is 0.465 e. The molecule has 6 nitrogen and oxygen atoms in total. The third kappa shape index (κ3) is 5.86. The molecule has 1 saturated carbocycles. The number of rotatable bonds is 5. The molecule has 1 amide bonds. The molecule has 1 aliphatic carbocycles. The molecule has 1 aromatic heterocycles. The summed E-state index contributed by atoms with van der Waals surface area (Å²) in [7, 11) is 0. The SMILES string of the molecule is Cc1ccc(C(CNC(=O)C2CCC(N)C2)N2CCOCC2)o1.Cl.Cl. The highest BCUT2D eigenvalue weighted by Crippen LogP contribution is 2.26. The Kier molecular flexibility index (Phi) is 9.24. The van der Waals surface area contributed by atoms with Gasteiger partial charge in [-0.1, -0.05) is 0 Å². The number of hydrogen-bond donors (Lipinski definition) is 2. The summed E-state index contributed by atoms with van der Waals surface area (Å²) in [6.45, 7) is 5.67. The predicted molar refractivity (Wildman–Crippen MR) is 101 cm³/mol. The normalized spacial score (nSPS) is 24.9. The smallest absolute Gasteiger partial charge is 0.223 e. The van der Waals surface area contributed by atoms with Gasteiger partial charge in [0.1, 0.15) is 11.5 Å². The fraction of sp³-hybridized carbons (Fsp3) is 0.706. The Morgan fingerprint density at radius 3 is 2.60 bits per heavy atom. The van der Waals surface area contributed by atoms with Gasteiger partial charge in [0.05, 0.1) is 19.3 Å². The molecular weight excluding hydrogens is 365 g/mol. The number of furan rings is 1. The van der Waals surface area contributed by atoms with E-state index in [9.17, 15) is 4.79 Å². The summed E-state index contributed by atoms with van der Waals surface area (Å²) >= 11 is 0. The van der Waals surface area contributed by atoms with Crippen LogP contribution in [-0.2, 0) is 9.53 Å². The number of nitrogens with two attached hydrogens (primary N) is 1. The molecule has 0 bridgehead atoms. The van der Waals surface area contributed by atoms with Gasteiger partial charge in [-0.2, -0.15) is 0 Å². The van der Waals surface area contributed by atoms with Crippen molar-refractivity contribution in [3.05, 3.63) is 23.7 Å². The van der Waals surface area contributed by atoms with Gasteiger partial charge in [-0.15, -0.1) is 24.8 Å². The van der Waals surface area contributed by atoms with Crippen molar-refractivity contribution >= 4 is 30.7 Å². The van der Waals surface area contributed by atoms with Crippen LogP contribution >= 0.6 is 24.8 Å². The van der Waals surface area contributed by atoms with Crippen molar-refractivity contribution in [2.24, 2.45) is 11.7 Å². The van der Waals surface area contributed by atoms with Crippen LogP contribution in [0.15, 0.2) is 16.5 Å². The first kappa shape index (κ1) is 22.3. The zero-order valence-electron chi connectivity index (χ0n) is 14.6. The molecule has 144 valence electrons. The van der Waals surface area contributed by atoms with E-state index >= 15 is 0 Å². The van der Waals surface area contributed by atoms with Crippen LogP contribution in [0.4, 0.5) is 0 Å². The third-order valence-electron chi connectivity index (χ3n) is 4.89. The molecule has 2 aliphatic rings. The summed E-state index contributed by atoms with van der Waals surface area (Å²) in [6, 6.07) is 4.22. The molecule has 1 aromatic rings. The monoisotopic (exact) mass is 393 g/mol. The van der Waals surface area contributed by atoms with Gasteiger partial charge in [0, 0.05) is 31.6 Å². The minimum atomic E-state index is 0. The Balaban J connectivity index is 0.00000156. The molecule has 1 aliphatic heterocycles. The maximum Gasteiger partial charge on any atom is 0.223 e. The van der Waals surface area contributed by atoms with Gasteiger partial charge in [0.15, 0.2) is 0 Å². The topological polar surface area (TPSA) is 80.7 Å². The summed E-state index contributed by atoms with van der Waals surface area (Å²) in [6.07, 6.45) is 2.64. The molecule has 0 spiro atoms. The fourth-order valence-electron chi connectivity index (χ4n) is 3.53. The quantitative estimate of drug-likeness (QED) is 0.799. The lowest BCUT2D eigenvalue weighted by Gasteiger charge is -2.33. The van der Waals surface area contributed by atoms with Crippen LogP contribution in [0.25, 0.3) is 0 Å². The molecule has 2 heterocycles. The third-order valence-corrected chi connectivity index (χ3v) is 4.89. The minimum absolute atomic E-state index is 0. The van der Waals surface area contributed by atoms with Crippen molar-refractivity contribution in [3.63, 3.8) is 0 Å². The molecule has 3 N–H and O–H groups in total. The van der Waals surface area contributed by atoms with Gasteiger partial charge in [-0.3, -0.25) is 9.69 Å². The fourth-order valence-corrected chi connectivity index (χ4v) is 3.53. The Morgan fingerprint density at radius 2 is 2.04 bits per heavy atom. The molecule has 1 saturated heterocycles. The van der Waals surface area contributed by atoms with Crippen molar-refractivity contribution in [3.8, 4) is 0 Å². The molecule has 3 unspecified atom stereocenters. The second-order valence-electron chi connectivity index (χ2n) is 6.63. The van der Waals surface area contributed by atoms with Crippen LogP contribution in [0.5, 0.6) is 0 Å². The number of ether oxygens (including phenoxy) is 1. The Labute approximate surface area is 161 Å². The number of aryl methyl sites for hydroxylation is 1. The zero-order valence-corrected chi connectivity index (χ0v) is 16.2. The Morgan fingerprint density at radius 1 is 1.32 bits per heavy atom.